The van der Waals surface area contributed by atoms with Gasteiger partial charge in [-0.1, -0.05) is 12.1 Å². The second kappa shape index (κ2) is 6.84. The highest BCUT2D eigenvalue weighted by molar-refractivity contribution is 7.92. The smallest absolute Gasteiger partial charge is 0.232 e. The number of sulfonamides is 1. The van der Waals surface area contributed by atoms with Crippen LogP contribution in [0.3, 0.4) is 0 Å². The van der Waals surface area contributed by atoms with Gasteiger partial charge in [-0.2, -0.15) is 0 Å². The first-order valence-electron chi connectivity index (χ1n) is 7.54. The first-order chi connectivity index (χ1) is 11.1. The number of nitrogens with zero attached hydrogens (tertiary/aromatic N) is 4. The fraction of sp³-hybridized carbons (Fsp3) is 0.500. The normalized spacial score (nSPS) is 14.8. The first kappa shape index (κ1) is 16.2. The Kier molecular flexibility index (Phi) is 4.82. The zero-order valence-electron chi connectivity index (χ0n) is 12.5. The molecular formula is C14H18ClN5O2S. The minimum absolute atomic E-state index is 0.0593. The molecule has 0 saturated heterocycles. The molecule has 1 aliphatic carbocycles. The summed E-state index contributed by atoms with van der Waals surface area (Å²) in [6.07, 6.45) is 3.37. The zero-order valence-corrected chi connectivity index (χ0v) is 14.1. The van der Waals surface area contributed by atoms with Crippen LogP contribution in [0.2, 0.25) is 0 Å². The number of nitrogens with one attached hydrogen (secondary N) is 1. The second-order valence-corrected chi connectivity index (χ2v) is 7.80. The predicted octanol–water partition coefficient (Wildman–Crippen LogP) is 2.44. The van der Waals surface area contributed by atoms with Crippen LogP contribution < -0.4 is 4.72 Å². The van der Waals surface area contributed by atoms with Gasteiger partial charge in [-0.3, -0.25) is 4.72 Å². The number of halogens is 1. The van der Waals surface area contributed by atoms with Crippen molar-refractivity contribution in [3.63, 3.8) is 0 Å². The molecule has 23 heavy (non-hydrogen) atoms. The second-order valence-electron chi connectivity index (χ2n) is 5.58. The van der Waals surface area contributed by atoms with Gasteiger partial charge in [-0.15, -0.1) is 16.7 Å². The molecule has 0 unspecified atom stereocenters. The predicted molar refractivity (Wildman–Crippen MR) is 88.9 cm³/mol. The molecular weight excluding hydrogens is 338 g/mol. The SMILES string of the molecule is O=S(=O)(CCCCCl)Nc1cccc(-c2nnnn2C2CC2)c1. The summed E-state index contributed by atoms with van der Waals surface area (Å²) < 4.78 is 28.5. The van der Waals surface area contributed by atoms with Crippen LogP contribution in [0.5, 0.6) is 0 Å². The van der Waals surface area contributed by atoms with Crippen molar-refractivity contribution in [1.29, 1.82) is 0 Å². The summed E-state index contributed by atoms with van der Waals surface area (Å²) in [5.74, 6) is 1.19. The molecule has 1 aliphatic rings. The Labute approximate surface area is 140 Å². The molecule has 1 fully saturated rings. The fourth-order valence-electron chi connectivity index (χ4n) is 2.29. The third kappa shape index (κ3) is 4.20. The summed E-state index contributed by atoms with van der Waals surface area (Å²) in [6, 6.07) is 7.49. The molecule has 1 heterocycles. The van der Waals surface area contributed by atoms with Crippen LogP contribution in [0, 0.1) is 0 Å². The van der Waals surface area contributed by atoms with Gasteiger partial charge in [0.15, 0.2) is 5.82 Å². The molecule has 124 valence electrons. The van der Waals surface area contributed by atoms with Gasteiger partial charge in [0.2, 0.25) is 10.0 Å². The molecule has 0 spiro atoms. The molecule has 9 heteroatoms. The lowest BCUT2D eigenvalue weighted by atomic mass is 10.2. The van der Waals surface area contributed by atoms with Gasteiger partial charge in [-0.25, -0.2) is 13.1 Å². The van der Waals surface area contributed by atoms with Crippen molar-refractivity contribution >= 4 is 27.3 Å². The van der Waals surface area contributed by atoms with Gasteiger partial charge >= 0.3 is 0 Å². The van der Waals surface area contributed by atoms with Gasteiger partial charge in [-0.05, 0) is 48.2 Å². The van der Waals surface area contributed by atoms with Crippen molar-refractivity contribution in [2.24, 2.45) is 0 Å². The highest BCUT2D eigenvalue weighted by Gasteiger charge is 2.28. The van der Waals surface area contributed by atoms with Crippen LogP contribution in [0.1, 0.15) is 31.7 Å². The summed E-state index contributed by atoms with van der Waals surface area (Å²) in [4.78, 5) is 0. The van der Waals surface area contributed by atoms with Crippen molar-refractivity contribution in [2.75, 3.05) is 16.4 Å². The number of aromatic nitrogens is 4. The largest absolute Gasteiger partial charge is 0.284 e. The van der Waals surface area contributed by atoms with Crippen LogP contribution in [-0.2, 0) is 10.0 Å². The Balaban J connectivity index is 1.76. The average Bonchev–Trinajstić information content (AvgIpc) is 3.24. The van der Waals surface area contributed by atoms with Crippen LogP contribution >= 0.6 is 11.6 Å². The summed E-state index contributed by atoms with van der Waals surface area (Å²) >= 11 is 5.58. The molecule has 0 aliphatic heterocycles. The minimum atomic E-state index is -3.37. The van der Waals surface area contributed by atoms with Crippen LogP contribution in [-0.4, -0.2) is 40.3 Å². The Morgan fingerprint density at radius 2 is 2.13 bits per heavy atom. The molecule has 0 radical (unpaired) electrons. The third-order valence-corrected chi connectivity index (χ3v) is 5.22. The molecule has 1 N–H and O–H groups in total. The number of benzene rings is 1. The van der Waals surface area contributed by atoms with E-state index in [1.165, 1.54) is 0 Å². The van der Waals surface area contributed by atoms with Gasteiger partial charge in [0.1, 0.15) is 0 Å². The summed E-state index contributed by atoms with van der Waals surface area (Å²) in [5.41, 5.74) is 1.31. The molecule has 2 aromatic rings. The summed E-state index contributed by atoms with van der Waals surface area (Å²) in [6.45, 7) is 0. The van der Waals surface area contributed by atoms with Gasteiger partial charge < -0.3 is 0 Å². The van der Waals surface area contributed by atoms with E-state index in [9.17, 15) is 8.42 Å². The van der Waals surface area contributed by atoms with E-state index in [0.717, 1.165) is 18.4 Å². The van der Waals surface area contributed by atoms with E-state index in [1.807, 2.05) is 6.07 Å². The molecule has 1 aromatic heterocycles. The van der Waals surface area contributed by atoms with Crippen molar-refractivity contribution < 1.29 is 8.42 Å². The standard InChI is InChI=1S/C14H18ClN5O2S/c15-8-1-2-9-23(21,22)17-12-5-3-4-11(10-12)14-16-18-19-20(14)13-6-7-13/h3-5,10,13,17H,1-2,6-9H2. The maximum atomic E-state index is 12.1. The number of tetrazole rings is 1. The van der Waals surface area contributed by atoms with Crippen molar-refractivity contribution in [3.05, 3.63) is 24.3 Å². The average molecular weight is 356 g/mol. The highest BCUT2D eigenvalue weighted by atomic mass is 35.5. The van der Waals surface area contributed by atoms with Crippen LogP contribution in [0.25, 0.3) is 11.4 Å². The van der Waals surface area contributed by atoms with Crippen LogP contribution in [0.4, 0.5) is 5.69 Å². The van der Waals surface area contributed by atoms with Gasteiger partial charge in [0.25, 0.3) is 0 Å². The molecule has 0 bridgehead atoms. The fourth-order valence-corrected chi connectivity index (χ4v) is 3.65. The zero-order chi connectivity index (χ0) is 16.3. The molecule has 7 nitrogen and oxygen atoms in total. The van der Waals surface area contributed by atoms with E-state index in [2.05, 4.69) is 20.2 Å². The monoisotopic (exact) mass is 355 g/mol. The number of hydrogen-bond donors (Lipinski definition) is 1. The molecule has 3 rings (SSSR count). The van der Waals surface area contributed by atoms with Crippen molar-refractivity contribution in [2.45, 2.75) is 31.7 Å². The van der Waals surface area contributed by atoms with Crippen molar-refractivity contribution in [3.8, 4) is 11.4 Å². The third-order valence-electron chi connectivity index (χ3n) is 3.58. The lowest BCUT2D eigenvalue weighted by Crippen LogP contribution is -2.16. The van der Waals surface area contributed by atoms with Crippen LogP contribution in [0.15, 0.2) is 24.3 Å². The number of hydrogen-bond acceptors (Lipinski definition) is 5. The van der Waals surface area contributed by atoms with E-state index in [1.54, 1.807) is 22.9 Å². The Bertz CT molecular complexity index is 773. The number of anilines is 1. The van der Waals surface area contributed by atoms with Crippen molar-refractivity contribution in [1.82, 2.24) is 20.2 Å². The Morgan fingerprint density at radius 1 is 1.30 bits per heavy atom. The highest BCUT2D eigenvalue weighted by Crippen LogP contribution is 2.36. The van der Waals surface area contributed by atoms with E-state index in [0.29, 0.717) is 36.3 Å². The molecule has 1 saturated carbocycles. The Morgan fingerprint density at radius 3 is 2.87 bits per heavy atom. The maximum Gasteiger partial charge on any atom is 0.232 e. The summed E-state index contributed by atoms with van der Waals surface area (Å²) in [5, 5.41) is 11.8. The van der Waals surface area contributed by atoms with Gasteiger partial charge in [0, 0.05) is 17.1 Å². The quantitative estimate of drug-likeness (QED) is 0.580. The number of rotatable bonds is 8. The maximum absolute atomic E-state index is 12.1. The Hall–Kier alpha value is -1.67. The summed E-state index contributed by atoms with van der Waals surface area (Å²) in [7, 11) is -3.37. The molecule has 1 aromatic carbocycles. The lowest BCUT2D eigenvalue weighted by molar-refractivity contribution is 0.598. The molecule has 0 amide bonds. The van der Waals surface area contributed by atoms with E-state index in [4.69, 9.17) is 11.6 Å². The number of unbranched alkanes of at least 4 members (excludes halogenated alkanes) is 1. The topological polar surface area (TPSA) is 89.8 Å². The van der Waals surface area contributed by atoms with E-state index >= 15 is 0 Å². The molecule has 0 atom stereocenters. The minimum Gasteiger partial charge on any atom is -0.284 e. The van der Waals surface area contributed by atoms with Gasteiger partial charge in [0.05, 0.1) is 11.8 Å². The van der Waals surface area contributed by atoms with E-state index in [-0.39, 0.29) is 5.75 Å². The number of alkyl halides is 1. The first-order valence-corrected chi connectivity index (χ1v) is 9.72. The van der Waals surface area contributed by atoms with E-state index < -0.39 is 10.0 Å². The lowest BCUT2D eigenvalue weighted by Gasteiger charge is -2.09.